The van der Waals surface area contributed by atoms with Gasteiger partial charge in [-0.2, -0.15) is 0 Å². The summed E-state index contributed by atoms with van der Waals surface area (Å²) in [5, 5.41) is 2.80. The highest BCUT2D eigenvalue weighted by Gasteiger charge is 1.96. The summed E-state index contributed by atoms with van der Waals surface area (Å²) in [5.41, 5.74) is 0. The third kappa shape index (κ3) is 5.14. The van der Waals surface area contributed by atoms with Gasteiger partial charge in [-0.25, -0.2) is 4.21 Å². The molecule has 0 radical (unpaired) electrons. The first-order valence-corrected chi connectivity index (χ1v) is 6.95. The number of rotatable bonds is 5. The molecule has 0 spiro atoms. The van der Waals surface area contributed by atoms with Crippen LogP contribution in [0.4, 0.5) is 0 Å². The number of unbranched alkanes of at least 4 members (excludes halogenated alkanes) is 4. The molecule has 86 valence electrons. The van der Waals surface area contributed by atoms with Crippen LogP contribution in [0.2, 0.25) is 0 Å². The van der Waals surface area contributed by atoms with E-state index in [1.165, 1.54) is 19.3 Å². The van der Waals surface area contributed by atoms with Crippen molar-refractivity contribution in [3.05, 3.63) is 30.3 Å². The Hall–Kier alpha value is -1.07. The SMILES string of the molecule is CCCCCCC#CS(=O)c1ccccc1. The maximum Gasteiger partial charge on any atom is 0.130 e. The Labute approximate surface area is 101 Å². The molecule has 0 bridgehead atoms. The molecule has 1 aromatic rings. The van der Waals surface area contributed by atoms with Gasteiger partial charge in [-0.15, -0.1) is 0 Å². The van der Waals surface area contributed by atoms with Crippen LogP contribution >= 0.6 is 0 Å². The minimum absolute atomic E-state index is 0.795. The third-order valence-corrected chi connectivity index (χ3v) is 3.31. The van der Waals surface area contributed by atoms with E-state index in [1.54, 1.807) is 0 Å². The first kappa shape index (κ1) is 13.0. The van der Waals surface area contributed by atoms with Crippen LogP contribution in [-0.2, 0) is 10.8 Å². The molecule has 1 aromatic carbocycles. The van der Waals surface area contributed by atoms with Gasteiger partial charge in [-0.05, 0) is 18.6 Å². The van der Waals surface area contributed by atoms with Gasteiger partial charge in [-0.3, -0.25) is 0 Å². The van der Waals surface area contributed by atoms with E-state index in [0.29, 0.717) is 0 Å². The zero-order valence-electron chi connectivity index (χ0n) is 9.74. The summed E-state index contributed by atoms with van der Waals surface area (Å²) in [6.07, 6.45) is 5.71. The average molecular weight is 234 g/mol. The molecule has 0 fully saturated rings. The number of hydrogen-bond acceptors (Lipinski definition) is 1. The second-order valence-corrected chi connectivity index (χ2v) is 4.88. The van der Waals surface area contributed by atoms with Crippen molar-refractivity contribution in [1.29, 1.82) is 0 Å². The van der Waals surface area contributed by atoms with E-state index in [-0.39, 0.29) is 0 Å². The van der Waals surface area contributed by atoms with E-state index in [1.807, 2.05) is 30.3 Å². The van der Waals surface area contributed by atoms with E-state index in [9.17, 15) is 4.21 Å². The smallest absolute Gasteiger partial charge is 0.130 e. The zero-order valence-corrected chi connectivity index (χ0v) is 10.6. The van der Waals surface area contributed by atoms with Gasteiger partial charge in [0.25, 0.3) is 0 Å². The largest absolute Gasteiger partial charge is 0.240 e. The summed E-state index contributed by atoms with van der Waals surface area (Å²) in [5.74, 6) is 2.99. The van der Waals surface area contributed by atoms with Crippen molar-refractivity contribution in [2.75, 3.05) is 0 Å². The molecule has 0 aliphatic carbocycles. The predicted octanol–water partition coefficient (Wildman–Crippen LogP) is 3.73. The van der Waals surface area contributed by atoms with Gasteiger partial charge in [0.2, 0.25) is 0 Å². The number of benzene rings is 1. The van der Waals surface area contributed by atoms with E-state index in [0.717, 1.165) is 17.7 Å². The molecule has 16 heavy (non-hydrogen) atoms. The molecule has 0 saturated heterocycles. The lowest BCUT2D eigenvalue weighted by Crippen LogP contribution is -1.85. The molecule has 0 aromatic heterocycles. The minimum atomic E-state index is -1.15. The van der Waals surface area contributed by atoms with Crippen molar-refractivity contribution < 1.29 is 4.21 Å². The maximum absolute atomic E-state index is 11.7. The van der Waals surface area contributed by atoms with Crippen LogP contribution in [0.1, 0.15) is 39.0 Å². The third-order valence-electron chi connectivity index (χ3n) is 2.28. The van der Waals surface area contributed by atoms with Gasteiger partial charge in [0.15, 0.2) is 0 Å². The van der Waals surface area contributed by atoms with Crippen molar-refractivity contribution in [3.8, 4) is 11.2 Å². The fraction of sp³-hybridized carbons (Fsp3) is 0.429. The van der Waals surface area contributed by atoms with Gasteiger partial charge < -0.3 is 0 Å². The van der Waals surface area contributed by atoms with Crippen molar-refractivity contribution >= 4 is 10.8 Å². The quantitative estimate of drug-likeness (QED) is 0.560. The first-order chi connectivity index (χ1) is 7.84. The molecule has 0 heterocycles. The van der Waals surface area contributed by atoms with Gasteiger partial charge in [0, 0.05) is 11.7 Å². The van der Waals surface area contributed by atoms with Crippen LogP contribution in [-0.4, -0.2) is 4.21 Å². The monoisotopic (exact) mass is 234 g/mol. The summed E-state index contributed by atoms with van der Waals surface area (Å²) in [6.45, 7) is 2.19. The zero-order chi connectivity index (χ0) is 11.6. The molecule has 1 atom stereocenters. The summed E-state index contributed by atoms with van der Waals surface area (Å²) >= 11 is 0. The summed E-state index contributed by atoms with van der Waals surface area (Å²) < 4.78 is 11.7. The van der Waals surface area contributed by atoms with Crippen molar-refractivity contribution in [3.63, 3.8) is 0 Å². The second-order valence-electron chi connectivity index (χ2n) is 3.67. The van der Waals surface area contributed by atoms with E-state index >= 15 is 0 Å². The van der Waals surface area contributed by atoms with Gasteiger partial charge in [0.05, 0.1) is 4.90 Å². The highest BCUT2D eigenvalue weighted by molar-refractivity contribution is 7.89. The molecule has 2 heteroatoms. The molecule has 1 rings (SSSR count). The van der Waals surface area contributed by atoms with E-state index in [4.69, 9.17) is 0 Å². The lowest BCUT2D eigenvalue weighted by atomic mass is 10.2. The highest BCUT2D eigenvalue weighted by atomic mass is 32.2. The van der Waals surface area contributed by atoms with Crippen LogP contribution in [0.15, 0.2) is 35.2 Å². The topological polar surface area (TPSA) is 17.1 Å². The lowest BCUT2D eigenvalue weighted by Gasteiger charge is -1.93. The molecule has 0 amide bonds. The minimum Gasteiger partial charge on any atom is -0.240 e. The lowest BCUT2D eigenvalue weighted by molar-refractivity contribution is 0.679. The Kier molecular flexibility index (Phi) is 6.60. The van der Waals surface area contributed by atoms with Crippen LogP contribution in [0, 0.1) is 11.2 Å². The molecule has 0 aliphatic heterocycles. The summed E-state index contributed by atoms with van der Waals surface area (Å²) in [6, 6.07) is 9.38. The molecule has 1 unspecified atom stereocenters. The fourth-order valence-electron chi connectivity index (χ4n) is 1.36. The van der Waals surface area contributed by atoms with Crippen LogP contribution in [0.5, 0.6) is 0 Å². The van der Waals surface area contributed by atoms with Gasteiger partial charge in [-0.1, -0.05) is 50.3 Å². The maximum atomic E-state index is 11.7. The van der Waals surface area contributed by atoms with Crippen molar-refractivity contribution in [2.24, 2.45) is 0 Å². The standard InChI is InChI=1S/C14H18OS/c1-2-3-4-5-6-10-13-16(15)14-11-8-7-9-12-14/h7-9,11-12H,2-6H2,1H3. The Morgan fingerprint density at radius 3 is 2.56 bits per heavy atom. The Morgan fingerprint density at radius 1 is 1.12 bits per heavy atom. The van der Waals surface area contributed by atoms with E-state index in [2.05, 4.69) is 18.1 Å². The Balaban J connectivity index is 2.32. The van der Waals surface area contributed by atoms with Crippen LogP contribution in [0.3, 0.4) is 0 Å². The van der Waals surface area contributed by atoms with Crippen LogP contribution in [0.25, 0.3) is 0 Å². The predicted molar refractivity (Wildman–Crippen MR) is 69.4 cm³/mol. The van der Waals surface area contributed by atoms with E-state index < -0.39 is 10.8 Å². The average Bonchev–Trinajstić information content (AvgIpc) is 2.34. The Bertz CT molecular complexity index is 373. The molecular weight excluding hydrogens is 216 g/mol. The fourth-order valence-corrected chi connectivity index (χ4v) is 2.12. The molecular formula is C14H18OS. The van der Waals surface area contributed by atoms with Gasteiger partial charge in [0.1, 0.15) is 10.8 Å². The highest BCUT2D eigenvalue weighted by Crippen LogP contribution is 2.05. The number of hydrogen-bond donors (Lipinski definition) is 0. The second kappa shape index (κ2) is 8.13. The Morgan fingerprint density at radius 2 is 1.88 bits per heavy atom. The first-order valence-electron chi connectivity index (χ1n) is 5.80. The van der Waals surface area contributed by atoms with Gasteiger partial charge >= 0.3 is 0 Å². The van der Waals surface area contributed by atoms with Crippen molar-refractivity contribution in [2.45, 2.75) is 43.9 Å². The molecule has 0 aliphatic rings. The van der Waals surface area contributed by atoms with Crippen molar-refractivity contribution in [1.82, 2.24) is 0 Å². The normalized spacial score (nSPS) is 11.6. The van der Waals surface area contributed by atoms with Crippen LogP contribution < -0.4 is 0 Å². The summed E-state index contributed by atoms with van der Waals surface area (Å²) in [7, 11) is -1.15. The molecule has 0 N–H and O–H groups in total. The molecule has 0 saturated carbocycles. The summed E-state index contributed by atoms with van der Waals surface area (Å²) in [4.78, 5) is 0.795. The molecule has 1 nitrogen and oxygen atoms in total.